The van der Waals surface area contributed by atoms with E-state index < -0.39 is 23.7 Å². The molecule has 0 saturated heterocycles. The van der Waals surface area contributed by atoms with Crippen molar-refractivity contribution in [2.75, 3.05) is 12.4 Å². The summed E-state index contributed by atoms with van der Waals surface area (Å²) in [5, 5.41) is 14.0. The van der Waals surface area contributed by atoms with E-state index in [2.05, 4.69) is 25.8 Å². The Hall–Kier alpha value is -3.99. The van der Waals surface area contributed by atoms with Gasteiger partial charge in [0.15, 0.2) is 10.8 Å². The van der Waals surface area contributed by atoms with E-state index in [1.807, 2.05) is 30.3 Å². The zero-order valence-electron chi connectivity index (χ0n) is 16.8. The van der Waals surface area contributed by atoms with Crippen LogP contribution in [0.2, 0.25) is 0 Å². The first-order valence-electron chi connectivity index (χ1n) is 9.47. The van der Waals surface area contributed by atoms with E-state index in [1.165, 1.54) is 36.3 Å². The average Bonchev–Trinajstić information content (AvgIpc) is 3.48. The number of nitrogens with zero attached hydrogens (tertiary/aromatic N) is 5. The summed E-state index contributed by atoms with van der Waals surface area (Å²) in [6.07, 6.45) is 1.69. The van der Waals surface area contributed by atoms with Crippen LogP contribution < -0.4 is 5.32 Å². The molecule has 0 radical (unpaired) electrons. The Balaban J connectivity index is 1.64. The Kier molecular flexibility index (Phi) is 6.26. The fourth-order valence-electron chi connectivity index (χ4n) is 3.08. The molecule has 0 aliphatic heterocycles. The highest BCUT2D eigenvalue weighted by Gasteiger charge is 2.26. The Morgan fingerprint density at radius 2 is 2.00 bits per heavy atom. The number of nitrogens with one attached hydrogen (secondary N) is 1. The van der Waals surface area contributed by atoms with Crippen LogP contribution in [0.3, 0.4) is 0 Å². The zero-order valence-corrected chi connectivity index (χ0v) is 17.6. The number of rotatable bonds is 7. The molecule has 2 heterocycles. The second kappa shape index (κ2) is 9.43. The topological polar surface area (TPSA) is 112 Å². The Labute approximate surface area is 185 Å². The maximum absolute atomic E-state index is 13.7. The van der Waals surface area contributed by atoms with Crippen LogP contribution in [0.4, 0.5) is 9.52 Å². The molecule has 0 spiro atoms. The zero-order chi connectivity index (χ0) is 22.5. The molecule has 2 aromatic carbocycles. The van der Waals surface area contributed by atoms with Gasteiger partial charge >= 0.3 is 5.97 Å². The third-order valence-electron chi connectivity index (χ3n) is 4.58. The molecule has 0 fully saturated rings. The molecule has 4 aromatic rings. The fraction of sp³-hybridized carbons (Fsp3) is 0.143. The normalized spacial score (nSPS) is 11.7. The van der Waals surface area contributed by atoms with Gasteiger partial charge in [-0.05, 0) is 33.7 Å². The first-order valence-corrected chi connectivity index (χ1v) is 10.3. The van der Waals surface area contributed by atoms with Gasteiger partial charge in [-0.15, -0.1) is 5.10 Å². The molecular formula is C21H17FN6O3S. The number of esters is 1. The van der Waals surface area contributed by atoms with E-state index in [0.717, 1.165) is 16.9 Å². The van der Waals surface area contributed by atoms with Crippen molar-refractivity contribution in [1.29, 1.82) is 0 Å². The SMILES string of the molecule is COC(=O)c1nc(NC(=O)C(Cc2ccccc2)n2cnnn2)sc1-c1cccc(F)c1. The van der Waals surface area contributed by atoms with Gasteiger partial charge in [-0.2, -0.15) is 0 Å². The number of thiazole rings is 1. The van der Waals surface area contributed by atoms with E-state index in [4.69, 9.17) is 4.74 Å². The second-order valence-corrected chi connectivity index (χ2v) is 7.68. The predicted molar refractivity (Wildman–Crippen MR) is 114 cm³/mol. The number of tetrazole rings is 1. The summed E-state index contributed by atoms with van der Waals surface area (Å²) in [6, 6.07) is 14.4. The number of benzene rings is 2. The minimum absolute atomic E-state index is 0.0135. The lowest BCUT2D eigenvalue weighted by Gasteiger charge is -2.15. The van der Waals surface area contributed by atoms with Crippen molar-refractivity contribution in [3.05, 3.63) is 78.0 Å². The van der Waals surface area contributed by atoms with Crippen LogP contribution in [0.15, 0.2) is 60.9 Å². The number of ether oxygens (including phenoxy) is 1. The summed E-state index contributed by atoms with van der Waals surface area (Å²) < 4.78 is 19.9. The number of hydrogen-bond acceptors (Lipinski definition) is 8. The lowest BCUT2D eigenvalue weighted by atomic mass is 10.1. The number of amides is 1. The highest BCUT2D eigenvalue weighted by Crippen LogP contribution is 2.34. The second-order valence-electron chi connectivity index (χ2n) is 6.68. The van der Waals surface area contributed by atoms with Crippen LogP contribution in [-0.4, -0.2) is 44.2 Å². The number of aromatic nitrogens is 5. The van der Waals surface area contributed by atoms with Crippen LogP contribution in [0.25, 0.3) is 10.4 Å². The first-order chi connectivity index (χ1) is 15.5. The maximum atomic E-state index is 13.7. The minimum Gasteiger partial charge on any atom is -0.464 e. The molecule has 4 rings (SSSR count). The standard InChI is InChI=1S/C21H17FN6O3S/c1-31-20(30)17-18(14-8-5-9-15(22)11-14)32-21(24-17)25-19(29)16(28-12-23-26-27-28)10-13-6-3-2-4-7-13/h2-9,11-12,16H,10H2,1H3,(H,24,25,29). The molecule has 2 aromatic heterocycles. The summed E-state index contributed by atoms with van der Waals surface area (Å²) in [6.45, 7) is 0. The highest BCUT2D eigenvalue weighted by atomic mass is 32.1. The number of methoxy groups -OCH3 is 1. The summed E-state index contributed by atoms with van der Waals surface area (Å²) in [5.74, 6) is -1.57. The molecule has 1 atom stereocenters. The smallest absolute Gasteiger partial charge is 0.358 e. The monoisotopic (exact) mass is 452 g/mol. The van der Waals surface area contributed by atoms with Gasteiger partial charge in [0.25, 0.3) is 5.91 Å². The molecule has 1 amide bonds. The molecule has 1 N–H and O–H groups in total. The van der Waals surface area contributed by atoms with Gasteiger partial charge in [-0.25, -0.2) is 18.9 Å². The van der Waals surface area contributed by atoms with Crippen molar-refractivity contribution in [2.24, 2.45) is 0 Å². The number of carbonyl (C=O) groups excluding carboxylic acids is 2. The molecule has 162 valence electrons. The van der Waals surface area contributed by atoms with Gasteiger partial charge < -0.3 is 10.1 Å². The Morgan fingerprint density at radius 1 is 1.19 bits per heavy atom. The molecule has 9 nitrogen and oxygen atoms in total. The lowest BCUT2D eigenvalue weighted by molar-refractivity contribution is -0.119. The van der Waals surface area contributed by atoms with E-state index >= 15 is 0 Å². The number of carbonyl (C=O) groups is 2. The quantitative estimate of drug-likeness (QED) is 0.429. The third-order valence-corrected chi connectivity index (χ3v) is 5.60. The Bertz CT molecular complexity index is 1230. The van der Waals surface area contributed by atoms with Gasteiger partial charge in [0, 0.05) is 6.42 Å². The molecule has 0 bridgehead atoms. The van der Waals surface area contributed by atoms with E-state index in [9.17, 15) is 14.0 Å². The largest absolute Gasteiger partial charge is 0.464 e. The van der Waals surface area contributed by atoms with Crippen LogP contribution in [-0.2, 0) is 16.0 Å². The van der Waals surface area contributed by atoms with Crippen molar-refractivity contribution in [1.82, 2.24) is 25.2 Å². The molecular weight excluding hydrogens is 435 g/mol. The van der Waals surface area contributed by atoms with Crippen LogP contribution in [0.1, 0.15) is 22.1 Å². The lowest BCUT2D eigenvalue weighted by Crippen LogP contribution is -2.28. The van der Waals surface area contributed by atoms with Crippen LogP contribution in [0.5, 0.6) is 0 Å². The minimum atomic E-state index is -0.754. The van der Waals surface area contributed by atoms with Crippen LogP contribution >= 0.6 is 11.3 Å². The highest BCUT2D eigenvalue weighted by molar-refractivity contribution is 7.19. The molecule has 32 heavy (non-hydrogen) atoms. The van der Waals surface area contributed by atoms with Gasteiger partial charge in [0.05, 0.1) is 12.0 Å². The third kappa shape index (κ3) is 4.67. The van der Waals surface area contributed by atoms with E-state index in [-0.39, 0.29) is 10.8 Å². The predicted octanol–water partition coefficient (Wildman–Crippen LogP) is 3.14. The van der Waals surface area contributed by atoms with E-state index in [0.29, 0.717) is 16.9 Å². The van der Waals surface area contributed by atoms with Gasteiger partial charge in [-0.1, -0.05) is 53.8 Å². The average molecular weight is 452 g/mol. The van der Waals surface area contributed by atoms with Crippen molar-refractivity contribution in [3.63, 3.8) is 0 Å². The van der Waals surface area contributed by atoms with Gasteiger partial charge in [0.1, 0.15) is 18.2 Å². The van der Waals surface area contributed by atoms with Crippen molar-refractivity contribution in [3.8, 4) is 10.4 Å². The summed E-state index contributed by atoms with van der Waals surface area (Å²) >= 11 is 1.04. The van der Waals surface area contributed by atoms with Gasteiger partial charge in [0.2, 0.25) is 0 Å². The maximum Gasteiger partial charge on any atom is 0.358 e. The van der Waals surface area contributed by atoms with Crippen molar-refractivity contribution < 1.29 is 18.7 Å². The number of hydrogen-bond donors (Lipinski definition) is 1. The molecule has 0 aliphatic carbocycles. The number of anilines is 1. The molecule has 0 saturated carbocycles. The van der Waals surface area contributed by atoms with Crippen LogP contribution in [0, 0.1) is 5.82 Å². The summed E-state index contributed by atoms with van der Waals surface area (Å²) in [4.78, 5) is 30.0. The van der Waals surface area contributed by atoms with E-state index in [1.54, 1.807) is 6.07 Å². The van der Waals surface area contributed by atoms with Crippen molar-refractivity contribution >= 4 is 28.3 Å². The first kappa shape index (κ1) is 21.2. The fourth-order valence-corrected chi connectivity index (χ4v) is 4.03. The van der Waals surface area contributed by atoms with Gasteiger partial charge in [-0.3, -0.25) is 4.79 Å². The molecule has 0 aliphatic rings. The summed E-state index contributed by atoms with van der Waals surface area (Å²) in [5.41, 5.74) is 1.35. The molecule has 1 unspecified atom stereocenters. The Morgan fingerprint density at radius 3 is 2.69 bits per heavy atom. The summed E-state index contributed by atoms with van der Waals surface area (Å²) in [7, 11) is 1.23. The molecule has 11 heteroatoms. The number of halogens is 1. The van der Waals surface area contributed by atoms with Crippen molar-refractivity contribution in [2.45, 2.75) is 12.5 Å².